The number of rotatable bonds is 7. The molecule has 0 N–H and O–H groups in total. The Kier molecular flexibility index (Phi) is 5.47. The van der Waals surface area contributed by atoms with Crippen molar-refractivity contribution in [3.8, 4) is 0 Å². The highest BCUT2D eigenvalue weighted by molar-refractivity contribution is 5.82. The number of para-hydroxylation sites is 1. The summed E-state index contributed by atoms with van der Waals surface area (Å²) in [5.74, 6) is 0.836. The first-order valence-electron chi connectivity index (χ1n) is 10.3. The fourth-order valence-electron chi connectivity index (χ4n) is 3.99. The van der Waals surface area contributed by atoms with Crippen molar-refractivity contribution in [1.82, 2.24) is 14.1 Å². The molecule has 0 unspecified atom stereocenters. The molecule has 0 saturated heterocycles. The van der Waals surface area contributed by atoms with Crippen LogP contribution in [0.15, 0.2) is 53.3 Å². The summed E-state index contributed by atoms with van der Waals surface area (Å²) >= 11 is 0. The summed E-state index contributed by atoms with van der Waals surface area (Å²) in [6, 6.07) is 16.0. The molecule has 0 aliphatic carbocycles. The predicted molar refractivity (Wildman–Crippen MR) is 116 cm³/mol. The normalized spacial score (nSPS) is 11.6. The number of pyridine rings is 1. The molecule has 0 aliphatic rings. The second-order valence-corrected chi connectivity index (χ2v) is 7.52. The lowest BCUT2D eigenvalue weighted by Crippen LogP contribution is -2.23. The van der Waals surface area contributed by atoms with E-state index in [0.717, 1.165) is 46.2 Å². The number of aromatic nitrogens is 3. The first kappa shape index (κ1) is 19.4. The number of nitrogens with zero attached hydrogens (tertiary/aromatic N) is 3. The van der Waals surface area contributed by atoms with Gasteiger partial charge < -0.3 is 9.13 Å². The van der Waals surface area contributed by atoms with Crippen LogP contribution in [-0.2, 0) is 19.5 Å². The van der Waals surface area contributed by atoms with Crippen molar-refractivity contribution in [1.29, 1.82) is 0 Å². The molecule has 0 spiro atoms. The maximum atomic E-state index is 12.8. The van der Waals surface area contributed by atoms with E-state index >= 15 is 0 Å². The minimum atomic E-state index is -0.315. The minimum Gasteiger partial charge on any atom is -0.326 e. The second-order valence-electron chi connectivity index (χ2n) is 7.52. The van der Waals surface area contributed by atoms with E-state index in [4.69, 9.17) is 4.98 Å². The molecule has 2 aromatic carbocycles. The fraction of sp³-hybridized carbons (Fsp3) is 0.333. The molecule has 0 atom stereocenters. The Labute approximate surface area is 169 Å². The second kappa shape index (κ2) is 8.19. The summed E-state index contributed by atoms with van der Waals surface area (Å²) in [6.45, 7) is 4.86. The zero-order chi connectivity index (χ0) is 20.4. The Hall–Kier alpha value is -2.95. The molecule has 2 heterocycles. The first-order valence-corrected chi connectivity index (χ1v) is 10.3. The summed E-state index contributed by atoms with van der Waals surface area (Å²) in [5, 5.41) is 1.07. The van der Waals surface area contributed by atoms with Gasteiger partial charge in [-0.1, -0.05) is 31.2 Å². The van der Waals surface area contributed by atoms with Gasteiger partial charge in [-0.25, -0.2) is 4.98 Å². The zero-order valence-electron chi connectivity index (χ0n) is 17.0. The number of imidazole rings is 1. The molecular formula is C24H26FN3O. The summed E-state index contributed by atoms with van der Waals surface area (Å²) in [5.41, 5.74) is 5.07. The summed E-state index contributed by atoms with van der Waals surface area (Å²) in [4.78, 5) is 17.7. The Bertz CT molecular complexity index is 1220. The van der Waals surface area contributed by atoms with E-state index in [1.54, 1.807) is 10.6 Å². The number of hydrogen-bond acceptors (Lipinski definition) is 2. The number of hydrogen-bond donors (Lipinski definition) is 0. The number of fused-ring (bicyclic) bond motifs is 2. The highest BCUT2D eigenvalue weighted by Gasteiger charge is 2.14. The quantitative estimate of drug-likeness (QED) is 0.415. The van der Waals surface area contributed by atoms with E-state index < -0.39 is 0 Å². The highest BCUT2D eigenvalue weighted by atomic mass is 19.1. The van der Waals surface area contributed by atoms with E-state index in [9.17, 15) is 9.18 Å². The molecule has 0 fully saturated rings. The summed E-state index contributed by atoms with van der Waals surface area (Å²) in [7, 11) is 0. The van der Waals surface area contributed by atoms with Gasteiger partial charge in [0, 0.05) is 18.0 Å². The van der Waals surface area contributed by atoms with Crippen LogP contribution in [0.4, 0.5) is 4.39 Å². The van der Waals surface area contributed by atoms with E-state index in [2.05, 4.69) is 29.7 Å². The Morgan fingerprint density at radius 3 is 2.62 bits per heavy atom. The van der Waals surface area contributed by atoms with Crippen LogP contribution >= 0.6 is 0 Å². The first-order chi connectivity index (χ1) is 14.1. The van der Waals surface area contributed by atoms with Crippen LogP contribution in [0.3, 0.4) is 0 Å². The third-order valence-electron chi connectivity index (χ3n) is 5.59. The highest BCUT2D eigenvalue weighted by Crippen LogP contribution is 2.22. The van der Waals surface area contributed by atoms with Crippen molar-refractivity contribution in [2.75, 3.05) is 6.67 Å². The lowest BCUT2D eigenvalue weighted by Gasteiger charge is -2.14. The molecular weight excluding hydrogens is 365 g/mol. The van der Waals surface area contributed by atoms with Crippen LogP contribution in [0, 0.1) is 6.92 Å². The van der Waals surface area contributed by atoms with Crippen LogP contribution < -0.4 is 5.56 Å². The Morgan fingerprint density at radius 2 is 1.83 bits per heavy atom. The van der Waals surface area contributed by atoms with Gasteiger partial charge >= 0.3 is 0 Å². The molecule has 0 aliphatic heterocycles. The van der Waals surface area contributed by atoms with Crippen LogP contribution in [0.2, 0.25) is 0 Å². The van der Waals surface area contributed by atoms with Gasteiger partial charge in [-0.3, -0.25) is 9.18 Å². The van der Waals surface area contributed by atoms with Crippen molar-refractivity contribution in [3.05, 3.63) is 75.8 Å². The molecule has 4 rings (SSSR count). The number of halogens is 1. The van der Waals surface area contributed by atoms with Crippen molar-refractivity contribution >= 4 is 21.9 Å². The van der Waals surface area contributed by atoms with Crippen molar-refractivity contribution in [2.24, 2.45) is 0 Å². The van der Waals surface area contributed by atoms with Gasteiger partial charge in [0.15, 0.2) is 0 Å². The van der Waals surface area contributed by atoms with Crippen LogP contribution in [-0.4, -0.2) is 20.8 Å². The Balaban J connectivity index is 1.84. The molecule has 29 heavy (non-hydrogen) atoms. The number of unbranched alkanes of at least 4 members (excludes halogenated alkanes) is 1. The largest absolute Gasteiger partial charge is 0.326 e. The van der Waals surface area contributed by atoms with Crippen LogP contribution in [0.5, 0.6) is 0 Å². The molecule has 4 aromatic rings. The summed E-state index contributed by atoms with van der Waals surface area (Å²) < 4.78 is 16.6. The maximum Gasteiger partial charge on any atom is 0.251 e. The molecule has 2 aromatic heterocycles. The van der Waals surface area contributed by atoms with Crippen molar-refractivity contribution in [2.45, 2.75) is 46.2 Å². The zero-order valence-corrected chi connectivity index (χ0v) is 17.0. The molecule has 0 saturated carbocycles. The Morgan fingerprint density at radius 1 is 1.00 bits per heavy atom. The number of aryl methyl sites for hydroxylation is 3. The van der Waals surface area contributed by atoms with Gasteiger partial charge in [0.2, 0.25) is 0 Å². The molecule has 0 bridgehead atoms. The van der Waals surface area contributed by atoms with Gasteiger partial charge in [0.1, 0.15) is 5.82 Å². The minimum absolute atomic E-state index is 0.0298. The SMILES string of the molecule is CCc1ccc2c(c1)nc(Cn1c(=O)cc(C)c3ccccc31)n2CCCCF. The monoisotopic (exact) mass is 391 g/mol. The molecule has 150 valence electrons. The van der Waals surface area contributed by atoms with E-state index in [1.165, 1.54) is 5.56 Å². The molecule has 0 amide bonds. The molecule has 4 nitrogen and oxygen atoms in total. The average molecular weight is 391 g/mol. The lowest BCUT2D eigenvalue weighted by molar-refractivity contribution is 0.446. The summed E-state index contributed by atoms with van der Waals surface area (Å²) in [6.07, 6.45) is 2.22. The number of benzene rings is 2. The standard InChI is InChI=1S/C24H26FN3O/c1-3-18-10-11-22-20(15-18)26-23(27(22)13-7-6-12-25)16-28-21-9-5-4-8-19(21)17(2)14-24(28)29/h4-5,8-11,14-15H,3,6-7,12-13,16H2,1-2H3. The topological polar surface area (TPSA) is 39.8 Å². The maximum absolute atomic E-state index is 12.8. The van der Waals surface area contributed by atoms with Crippen LogP contribution in [0.1, 0.15) is 36.7 Å². The van der Waals surface area contributed by atoms with Gasteiger partial charge in [-0.2, -0.15) is 0 Å². The van der Waals surface area contributed by atoms with E-state index in [-0.39, 0.29) is 12.2 Å². The molecule has 0 radical (unpaired) electrons. The molecule has 5 heteroatoms. The van der Waals surface area contributed by atoms with Gasteiger partial charge in [-0.15, -0.1) is 0 Å². The van der Waals surface area contributed by atoms with Crippen molar-refractivity contribution < 1.29 is 4.39 Å². The average Bonchev–Trinajstić information content (AvgIpc) is 3.07. The lowest BCUT2D eigenvalue weighted by atomic mass is 10.1. The number of alkyl halides is 1. The van der Waals surface area contributed by atoms with Gasteiger partial charge in [0.25, 0.3) is 5.56 Å². The van der Waals surface area contributed by atoms with E-state index in [1.807, 2.05) is 31.2 Å². The van der Waals surface area contributed by atoms with Crippen LogP contribution in [0.25, 0.3) is 21.9 Å². The smallest absolute Gasteiger partial charge is 0.251 e. The van der Waals surface area contributed by atoms with Crippen molar-refractivity contribution in [3.63, 3.8) is 0 Å². The van der Waals surface area contributed by atoms with Gasteiger partial charge in [-0.05, 0) is 55.5 Å². The van der Waals surface area contributed by atoms with Gasteiger partial charge in [0.05, 0.1) is 29.8 Å². The third kappa shape index (κ3) is 3.69. The van der Waals surface area contributed by atoms with E-state index in [0.29, 0.717) is 19.5 Å². The predicted octanol–water partition coefficient (Wildman–Crippen LogP) is 5.02. The fourth-order valence-corrected chi connectivity index (χ4v) is 3.99. The third-order valence-corrected chi connectivity index (χ3v) is 5.59.